The predicted octanol–water partition coefficient (Wildman–Crippen LogP) is 2.92. The van der Waals surface area contributed by atoms with E-state index in [2.05, 4.69) is 42.6 Å². The van der Waals surface area contributed by atoms with Crippen molar-refractivity contribution in [2.24, 2.45) is 5.92 Å². The first kappa shape index (κ1) is 11.1. The zero-order valence-corrected chi connectivity index (χ0v) is 9.62. The van der Waals surface area contributed by atoms with Gasteiger partial charge in [-0.3, -0.25) is 0 Å². The van der Waals surface area contributed by atoms with Gasteiger partial charge in [0, 0.05) is 25.0 Å². The second-order valence-corrected chi connectivity index (χ2v) is 4.15. The van der Waals surface area contributed by atoms with Gasteiger partial charge in [0.15, 0.2) is 0 Å². The number of imidazole rings is 1. The highest BCUT2D eigenvalue weighted by Gasteiger charge is 2.06. The molecule has 3 heteroatoms. The number of anilines is 1. The zero-order valence-electron chi connectivity index (χ0n) is 9.62. The zero-order chi connectivity index (χ0) is 10.6. The smallest absolute Gasteiger partial charge is 0.203 e. The number of nitrogens with one attached hydrogen (secondary N) is 1. The molecule has 80 valence electrons. The third kappa shape index (κ3) is 2.76. The Balaban J connectivity index is 2.54. The number of aromatic nitrogens is 2. The van der Waals surface area contributed by atoms with Crippen LogP contribution in [0.25, 0.3) is 0 Å². The van der Waals surface area contributed by atoms with Crippen LogP contribution in [-0.4, -0.2) is 16.1 Å². The average Bonchev–Trinajstić information content (AvgIpc) is 2.62. The monoisotopic (exact) mass is 195 g/mol. The van der Waals surface area contributed by atoms with Crippen molar-refractivity contribution in [3.63, 3.8) is 0 Å². The van der Waals surface area contributed by atoms with Crippen LogP contribution in [0.15, 0.2) is 12.4 Å². The molecule has 0 aliphatic heterocycles. The molecular formula is C11H21N3. The Kier molecular flexibility index (Phi) is 3.98. The molecule has 1 N–H and O–H groups in total. The molecule has 1 heterocycles. The van der Waals surface area contributed by atoms with E-state index in [0.717, 1.165) is 12.5 Å². The predicted molar refractivity (Wildman–Crippen MR) is 60.6 cm³/mol. The van der Waals surface area contributed by atoms with E-state index in [9.17, 15) is 0 Å². The van der Waals surface area contributed by atoms with Gasteiger partial charge in [-0.25, -0.2) is 4.98 Å². The fourth-order valence-corrected chi connectivity index (χ4v) is 1.28. The van der Waals surface area contributed by atoms with Crippen LogP contribution < -0.4 is 5.32 Å². The molecular weight excluding hydrogens is 174 g/mol. The lowest BCUT2D eigenvalue weighted by molar-refractivity contribution is 0.572. The van der Waals surface area contributed by atoms with E-state index in [4.69, 9.17) is 0 Å². The van der Waals surface area contributed by atoms with Gasteiger partial charge in [-0.1, -0.05) is 20.3 Å². The quantitative estimate of drug-likeness (QED) is 0.783. The molecule has 0 aliphatic carbocycles. The number of rotatable bonds is 5. The summed E-state index contributed by atoms with van der Waals surface area (Å²) in [5, 5.41) is 3.38. The maximum atomic E-state index is 4.30. The molecule has 0 aliphatic rings. The average molecular weight is 195 g/mol. The number of nitrogens with zero attached hydrogens (tertiary/aromatic N) is 2. The van der Waals surface area contributed by atoms with E-state index in [0.29, 0.717) is 12.0 Å². The summed E-state index contributed by atoms with van der Waals surface area (Å²) in [5.74, 6) is 1.69. The lowest BCUT2D eigenvalue weighted by atomic mass is 10.1. The lowest BCUT2D eigenvalue weighted by Gasteiger charge is -2.14. The summed E-state index contributed by atoms with van der Waals surface area (Å²) in [6, 6.07) is 0.469. The van der Waals surface area contributed by atoms with Gasteiger partial charge < -0.3 is 9.88 Å². The summed E-state index contributed by atoms with van der Waals surface area (Å²) < 4.78 is 2.16. The minimum Gasteiger partial charge on any atom is -0.355 e. The Morgan fingerprint density at radius 3 is 2.71 bits per heavy atom. The molecule has 0 bridgehead atoms. The first-order chi connectivity index (χ1) is 6.65. The summed E-state index contributed by atoms with van der Waals surface area (Å²) in [6.07, 6.45) is 5.07. The van der Waals surface area contributed by atoms with E-state index in [1.165, 1.54) is 6.42 Å². The van der Waals surface area contributed by atoms with Crippen molar-refractivity contribution in [1.29, 1.82) is 0 Å². The molecule has 1 atom stereocenters. The summed E-state index contributed by atoms with van der Waals surface area (Å²) >= 11 is 0. The molecule has 0 radical (unpaired) electrons. The van der Waals surface area contributed by atoms with Gasteiger partial charge in [-0.05, 0) is 19.8 Å². The van der Waals surface area contributed by atoms with Crippen molar-refractivity contribution < 1.29 is 0 Å². The van der Waals surface area contributed by atoms with Gasteiger partial charge >= 0.3 is 0 Å². The molecule has 14 heavy (non-hydrogen) atoms. The third-order valence-corrected chi connectivity index (χ3v) is 2.53. The second kappa shape index (κ2) is 5.03. The van der Waals surface area contributed by atoms with Gasteiger partial charge in [0.1, 0.15) is 0 Å². The van der Waals surface area contributed by atoms with E-state index in [-0.39, 0.29) is 0 Å². The molecule has 0 amide bonds. The third-order valence-electron chi connectivity index (χ3n) is 2.53. The van der Waals surface area contributed by atoms with Crippen LogP contribution in [0.3, 0.4) is 0 Å². The Bertz CT molecular complexity index is 265. The summed E-state index contributed by atoms with van der Waals surface area (Å²) in [7, 11) is 0. The number of hydrogen-bond donors (Lipinski definition) is 1. The maximum absolute atomic E-state index is 4.30. The minimum atomic E-state index is 0.469. The van der Waals surface area contributed by atoms with Crippen LogP contribution in [0.4, 0.5) is 5.95 Å². The Morgan fingerprint density at radius 2 is 2.14 bits per heavy atom. The van der Waals surface area contributed by atoms with Gasteiger partial charge in [-0.15, -0.1) is 0 Å². The normalized spacial score (nSPS) is 13.2. The minimum absolute atomic E-state index is 0.469. The lowest BCUT2D eigenvalue weighted by Crippen LogP contribution is -2.14. The molecule has 1 rings (SSSR count). The molecule has 0 saturated heterocycles. The van der Waals surface area contributed by atoms with Crippen molar-refractivity contribution in [1.82, 2.24) is 9.55 Å². The van der Waals surface area contributed by atoms with Crippen LogP contribution in [-0.2, 0) is 0 Å². The molecule has 3 nitrogen and oxygen atoms in total. The summed E-state index contributed by atoms with van der Waals surface area (Å²) in [6.45, 7) is 9.78. The molecule has 1 aromatic heterocycles. The maximum Gasteiger partial charge on any atom is 0.203 e. The Morgan fingerprint density at radius 1 is 1.43 bits per heavy atom. The molecule has 0 spiro atoms. The van der Waals surface area contributed by atoms with Crippen molar-refractivity contribution in [3.8, 4) is 0 Å². The fourth-order valence-electron chi connectivity index (χ4n) is 1.28. The van der Waals surface area contributed by atoms with E-state index >= 15 is 0 Å². The van der Waals surface area contributed by atoms with Crippen LogP contribution in [0.5, 0.6) is 0 Å². The van der Waals surface area contributed by atoms with Gasteiger partial charge in [0.05, 0.1) is 0 Å². The molecule has 1 aromatic rings. The van der Waals surface area contributed by atoms with Crippen LogP contribution in [0.1, 0.15) is 40.2 Å². The molecule has 1 unspecified atom stereocenters. The van der Waals surface area contributed by atoms with E-state index in [1.54, 1.807) is 0 Å². The van der Waals surface area contributed by atoms with Crippen molar-refractivity contribution in [2.75, 3.05) is 11.9 Å². The van der Waals surface area contributed by atoms with Gasteiger partial charge in [0.2, 0.25) is 5.95 Å². The van der Waals surface area contributed by atoms with Crippen molar-refractivity contribution in [2.45, 2.75) is 40.2 Å². The topological polar surface area (TPSA) is 29.9 Å². The van der Waals surface area contributed by atoms with Crippen LogP contribution >= 0.6 is 0 Å². The standard InChI is InChI=1S/C11H21N3/c1-5-10(4)8-13-11-12-6-7-14(11)9(2)3/h6-7,9-10H,5,8H2,1-4H3,(H,12,13). The van der Waals surface area contributed by atoms with E-state index < -0.39 is 0 Å². The largest absolute Gasteiger partial charge is 0.355 e. The Hall–Kier alpha value is -0.990. The van der Waals surface area contributed by atoms with Crippen molar-refractivity contribution >= 4 is 5.95 Å². The van der Waals surface area contributed by atoms with Gasteiger partial charge in [-0.2, -0.15) is 0 Å². The Labute approximate surface area is 86.5 Å². The number of hydrogen-bond acceptors (Lipinski definition) is 2. The molecule has 0 aromatic carbocycles. The van der Waals surface area contributed by atoms with Crippen LogP contribution in [0, 0.1) is 5.92 Å². The SMILES string of the molecule is CCC(C)CNc1nccn1C(C)C. The molecule has 0 fully saturated rings. The highest BCUT2D eigenvalue weighted by atomic mass is 15.2. The highest BCUT2D eigenvalue weighted by molar-refractivity contribution is 5.26. The molecule has 0 saturated carbocycles. The summed E-state index contributed by atoms with van der Waals surface area (Å²) in [5.41, 5.74) is 0. The van der Waals surface area contributed by atoms with Crippen molar-refractivity contribution in [3.05, 3.63) is 12.4 Å². The first-order valence-electron chi connectivity index (χ1n) is 5.41. The summed E-state index contributed by atoms with van der Waals surface area (Å²) in [4.78, 5) is 4.30. The highest BCUT2D eigenvalue weighted by Crippen LogP contribution is 2.13. The van der Waals surface area contributed by atoms with E-state index in [1.807, 2.05) is 12.4 Å². The van der Waals surface area contributed by atoms with Gasteiger partial charge in [0.25, 0.3) is 0 Å². The van der Waals surface area contributed by atoms with Crippen LogP contribution in [0.2, 0.25) is 0 Å². The fraction of sp³-hybridized carbons (Fsp3) is 0.727. The second-order valence-electron chi connectivity index (χ2n) is 4.15. The first-order valence-corrected chi connectivity index (χ1v) is 5.41.